The molecular formula is C6H14ClNO2. The van der Waals surface area contributed by atoms with E-state index < -0.39 is 5.97 Å². The third-order valence-corrected chi connectivity index (χ3v) is 0.983. The van der Waals surface area contributed by atoms with Gasteiger partial charge in [0, 0.05) is 12.0 Å². The van der Waals surface area contributed by atoms with Crippen molar-refractivity contribution in [3.05, 3.63) is 0 Å². The third-order valence-electron chi connectivity index (χ3n) is 0.983. The molecular weight excluding hydrogens is 154 g/mol. The highest BCUT2D eigenvalue weighted by atomic mass is 35.5. The fraction of sp³-hybridized carbons (Fsp3) is 0.833. The van der Waals surface area contributed by atoms with E-state index in [2.05, 4.69) is 0 Å². The summed E-state index contributed by atoms with van der Waals surface area (Å²) in [5, 5.41) is 8.22. The SMILES string of the molecule is CC(C)(N)CCC(=O)O.Cl. The fourth-order valence-corrected chi connectivity index (χ4v) is 0.429. The van der Waals surface area contributed by atoms with E-state index in [-0.39, 0.29) is 24.4 Å². The summed E-state index contributed by atoms with van der Waals surface area (Å²) in [6, 6.07) is 0. The summed E-state index contributed by atoms with van der Waals surface area (Å²) in [7, 11) is 0. The van der Waals surface area contributed by atoms with Gasteiger partial charge in [-0.25, -0.2) is 0 Å². The number of carboxylic acids is 1. The molecule has 0 spiro atoms. The molecule has 0 heterocycles. The highest BCUT2D eigenvalue weighted by Crippen LogP contribution is 2.05. The zero-order valence-electron chi connectivity index (χ0n) is 6.26. The molecule has 62 valence electrons. The van der Waals surface area contributed by atoms with Crippen LogP contribution in [-0.4, -0.2) is 16.6 Å². The number of hydrogen-bond acceptors (Lipinski definition) is 2. The van der Waals surface area contributed by atoms with E-state index in [0.717, 1.165) is 0 Å². The van der Waals surface area contributed by atoms with Gasteiger partial charge in [0.05, 0.1) is 0 Å². The van der Waals surface area contributed by atoms with Crippen molar-refractivity contribution in [1.29, 1.82) is 0 Å². The van der Waals surface area contributed by atoms with E-state index in [0.29, 0.717) is 6.42 Å². The molecule has 0 aliphatic carbocycles. The maximum absolute atomic E-state index is 9.99. The highest BCUT2D eigenvalue weighted by Gasteiger charge is 2.11. The first kappa shape index (κ1) is 12.4. The minimum Gasteiger partial charge on any atom is -0.481 e. The lowest BCUT2D eigenvalue weighted by Gasteiger charge is -2.15. The Morgan fingerprint density at radius 1 is 1.60 bits per heavy atom. The van der Waals surface area contributed by atoms with Gasteiger partial charge in [-0.15, -0.1) is 12.4 Å². The maximum atomic E-state index is 9.99. The van der Waals surface area contributed by atoms with Gasteiger partial charge in [0.2, 0.25) is 0 Å². The molecule has 4 heteroatoms. The monoisotopic (exact) mass is 167 g/mol. The summed E-state index contributed by atoms with van der Waals surface area (Å²) in [6.07, 6.45) is 0.686. The van der Waals surface area contributed by atoms with Crippen LogP contribution in [0.4, 0.5) is 0 Å². The predicted molar refractivity (Wildman–Crippen MR) is 42.4 cm³/mol. The second-order valence-electron chi connectivity index (χ2n) is 2.88. The van der Waals surface area contributed by atoms with Crippen molar-refractivity contribution in [2.75, 3.05) is 0 Å². The summed E-state index contributed by atoms with van der Waals surface area (Å²) < 4.78 is 0. The molecule has 0 saturated heterocycles. The summed E-state index contributed by atoms with van der Waals surface area (Å²) in [4.78, 5) is 9.99. The maximum Gasteiger partial charge on any atom is 0.303 e. The van der Waals surface area contributed by atoms with Crippen molar-refractivity contribution in [2.24, 2.45) is 5.73 Å². The van der Waals surface area contributed by atoms with Gasteiger partial charge >= 0.3 is 5.97 Å². The van der Waals surface area contributed by atoms with E-state index >= 15 is 0 Å². The molecule has 0 unspecified atom stereocenters. The number of rotatable bonds is 3. The van der Waals surface area contributed by atoms with Gasteiger partial charge in [-0.1, -0.05) is 0 Å². The van der Waals surface area contributed by atoms with Crippen LogP contribution in [0.5, 0.6) is 0 Å². The lowest BCUT2D eigenvalue weighted by molar-refractivity contribution is -0.137. The van der Waals surface area contributed by atoms with E-state index in [1.807, 2.05) is 13.8 Å². The first-order chi connectivity index (χ1) is 3.92. The van der Waals surface area contributed by atoms with Crippen LogP contribution in [0.25, 0.3) is 0 Å². The molecule has 0 aliphatic rings. The van der Waals surface area contributed by atoms with E-state index in [9.17, 15) is 4.79 Å². The van der Waals surface area contributed by atoms with Gasteiger partial charge in [-0.2, -0.15) is 0 Å². The Morgan fingerprint density at radius 2 is 2.00 bits per heavy atom. The Balaban J connectivity index is 0. The van der Waals surface area contributed by atoms with Crippen LogP contribution in [0.15, 0.2) is 0 Å². The number of hydrogen-bond donors (Lipinski definition) is 2. The zero-order chi connectivity index (χ0) is 7.49. The Bertz CT molecular complexity index is 109. The number of carbonyl (C=O) groups is 1. The molecule has 10 heavy (non-hydrogen) atoms. The smallest absolute Gasteiger partial charge is 0.303 e. The summed E-state index contributed by atoms with van der Waals surface area (Å²) in [5.41, 5.74) is 5.17. The first-order valence-electron chi connectivity index (χ1n) is 2.92. The van der Waals surface area contributed by atoms with Gasteiger partial charge < -0.3 is 10.8 Å². The number of carboxylic acid groups (broad SMARTS) is 1. The van der Waals surface area contributed by atoms with E-state index in [1.165, 1.54) is 0 Å². The normalized spacial score (nSPS) is 10.3. The molecule has 0 atom stereocenters. The summed E-state index contributed by atoms with van der Waals surface area (Å²) in [5.74, 6) is -0.784. The molecule has 0 aromatic rings. The zero-order valence-corrected chi connectivity index (χ0v) is 7.07. The standard InChI is InChI=1S/C6H13NO2.ClH/c1-6(2,7)4-3-5(8)9;/h3-4,7H2,1-2H3,(H,8,9);1H. The number of aliphatic carboxylic acids is 1. The van der Waals surface area contributed by atoms with Crippen molar-refractivity contribution in [1.82, 2.24) is 0 Å². The molecule has 0 radical (unpaired) electrons. The Morgan fingerprint density at radius 3 is 2.10 bits per heavy atom. The van der Waals surface area contributed by atoms with Crippen LogP contribution in [0.2, 0.25) is 0 Å². The molecule has 0 rings (SSSR count). The van der Waals surface area contributed by atoms with Crippen molar-refractivity contribution in [3.63, 3.8) is 0 Å². The summed E-state index contributed by atoms with van der Waals surface area (Å²) in [6.45, 7) is 3.63. The van der Waals surface area contributed by atoms with Crippen molar-refractivity contribution < 1.29 is 9.90 Å². The van der Waals surface area contributed by atoms with Crippen LogP contribution < -0.4 is 5.73 Å². The number of nitrogens with two attached hydrogens (primary N) is 1. The topological polar surface area (TPSA) is 63.3 Å². The molecule has 0 amide bonds. The first-order valence-corrected chi connectivity index (χ1v) is 2.92. The largest absolute Gasteiger partial charge is 0.481 e. The van der Waals surface area contributed by atoms with Gasteiger partial charge in [-0.05, 0) is 20.3 Å². The summed E-state index contributed by atoms with van der Waals surface area (Å²) >= 11 is 0. The third kappa shape index (κ3) is 10.7. The predicted octanol–water partition coefficient (Wildman–Crippen LogP) is 1.01. The molecule has 3 N–H and O–H groups in total. The average molecular weight is 168 g/mol. The highest BCUT2D eigenvalue weighted by molar-refractivity contribution is 5.85. The molecule has 0 aliphatic heterocycles. The molecule has 0 fully saturated rings. The fourth-order valence-electron chi connectivity index (χ4n) is 0.429. The van der Waals surface area contributed by atoms with Gasteiger partial charge in [0.25, 0.3) is 0 Å². The lowest BCUT2D eigenvalue weighted by atomic mass is 10.0. The average Bonchev–Trinajstić information content (AvgIpc) is 1.59. The minimum absolute atomic E-state index is 0. The van der Waals surface area contributed by atoms with Gasteiger partial charge in [-0.3, -0.25) is 4.79 Å². The van der Waals surface area contributed by atoms with E-state index in [4.69, 9.17) is 10.8 Å². The minimum atomic E-state index is -0.784. The van der Waals surface area contributed by atoms with E-state index in [1.54, 1.807) is 0 Å². The van der Waals surface area contributed by atoms with Crippen LogP contribution in [0, 0.1) is 0 Å². The van der Waals surface area contributed by atoms with Crippen LogP contribution in [-0.2, 0) is 4.79 Å². The van der Waals surface area contributed by atoms with Gasteiger partial charge in [0.1, 0.15) is 0 Å². The Labute approximate surface area is 67.0 Å². The Kier molecular flexibility index (Phi) is 5.61. The molecule has 0 aromatic carbocycles. The van der Waals surface area contributed by atoms with Crippen LogP contribution in [0.1, 0.15) is 26.7 Å². The molecule has 0 aromatic heterocycles. The van der Waals surface area contributed by atoms with Crippen LogP contribution in [0.3, 0.4) is 0 Å². The van der Waals surface area contributed by atoms with Crippen molar-refractivity contribution >= 4 is 18.4 Å². The quantitative estimate of drug-likeness (QED) is 0.660. The second kappa shape index (κ2) is 4.52. The van der Waals surface area contributed by atoms with Gasteiger partial charge in [0.15, 0.2) is 0 Å². The lowest BCUT2D eigenvalue weighted by Crippen LogP contribution is -2.32. The molecule has 0 saturated carbocycles. The van der Waals surface area contributed by atoms with Crippen molar-refractivity contribution in [3.8, 4) is 0 Å². The Hall–Kier alpha value is -0.280. The molecule has 3 nitrogen and oxygen atoms in total. The molecule has 0 bridgehead atoms. The van der Waals surface area contributed by atoms with Crippen LogP contribution >= 0.6 is 12.4 Å². The van der Waals surface area contributed by atoms with Crippen molar-refractivity contribution in [2.45, 2.75) is 32.2 Å². The second-order valence-corrected chi connectivity index (χ2v) is 2.88. The number of halogens is 1.